The van der Waals surface area contributed by atoms with Crippen molar-refractivity contribution in [3.8, 4) is 5.88 Å². The summed E-state index contributed by atoms with van der Waals surface area (Å²) in [5.41, 5.74) is 2.06. The lowest BCUT2D eigenvalue weighted by atomic mass is 10.1. The molecule has 0 aliphatic heterocycles. The van der Waals surface area contributed by atoms with Crippen LogP contribution >= 0.6 is 0 Å². The summed E-state index contributed by atoms with van der Waals surface area (Å²) in [6, 6.07) is 14.4. The second kappa shape index (κ2) is 9.91. The van der Waals surface area contributed by atoms with Crippen LogP contribution in [0.15, 0.2) is 54.6 Å². The van der Waals surface area contributed by atoms with E-state index in [0.717, 1.165) is 17.7 Å². The first kappa shape index (κ1) is 24.5. The molecule has 2 heterocycles. The van der Waals surface area contributed by atoms with Crippen LogP contribution in [-0.2, 0) is 24.1 Å². The Balaban J connectivity index is 1.74. The van der Waals surface area contributed by atoms with Crippen molar-refractivity contribution in [3.63, 3.8) is 0 Å². The predicted octanol–water partition coefficient (Wildman–Crippen LogP) is 5.25. The zero-order valence-corrected chi connectivity index (χ0v) is 19.9. The molecule has 0 saturated carbocycles. The van der Waals surface area contributed by atoms with Crippen LogP contribution in [0.5, 0.6) is 5.88 Å². The fraction of sp³-hybridized carbons (Fsp3) is 0.320. The molecule has 2 aromatic carbocycles. The molecule has 10 heteroatoms. The molecule has 7 nitrogen and oxygen atoms in total. The lowest BCUT2D eigenvalue weighted by Crippen LogP contribution is -2.15. The highest BCUT2D eigenvalue weighted by Crippen LogP contribution is 2.34. The number of halogens is 3. The van der Waals surface area contributed by atoms with E-state index < -0.39 is 17.8 Å². The van der Waals surface area contributed by atoms with Crippen molar-refractivity contribution in [2.45, 2.75) is 32.4 Å². The second-order valence-corrected chi connectivity index (χ2v) is 8.29. The molecule has 1 atom stereocenters. The van der Waals surface area contributed by atoms with E-state index in [9.17, 15) is 13.2 Å². The maximum Gasteiger partial charge on any atom is 0.416 e. The number of methoxy groups -OCH3 is 1. The van der Waals surface area contributed by atoms with Crippen molar-refractivity contribution >= 4 is 17.0 Å². The molecule has 1 unspecified atom stereocenters. The molecule has 0 aliphatic rings. The third-order valence-electron chi connectivity index (χ3n) is 5.61. The maximum absolute atomic E-state index is 13.0. The Hall–Kier alpha value is -3.66. The molecule has 0 saturated heterocycles. The fourth-order valence-electron chi connectivity index (χ4n) is 3.71. The largest absolute Gasteiger partial charge is 0.480 e. The van der Waals surface area contributed by atoms with Gasteiger partial charge in [-0.25, -0.2) is 4.68 Å². The number of fused-ring (bicyclic) bond motifs is 1. The van der Waals surface area contributed by atoms with Gasteiger partial charge in [0.15, 0.2) is 5.65 Å². The van der Waals surface area contributed by atoms with E-state index in [4.69, 9.17) is 14.6 Å². The number of aromatic nitrogens is 4. The number of benzene rings is 2. The van der Waals surface area contributed by atoms with Crippen LogP contribution in [-0.4, -0.2) is 41.0 Å². The summed E-state index contributed by atoms with van der Waals surface area (Å²) in [6.07, 6.45) is -4.40. The van der Waals surface area contributed by atoms with Crippen LogP contribution < -0.4 is 9.64 Å². The predicted molar refractivity (Wildman–Crippen MR) is 126 cm³/mol. The van der Waals surface area contributed by atoms with Crippen LogP contribution in [0.3, 0.4) is 0 Å². The van der Waals surface area contributed by atoms with Gasteiger partial charge in [0.2, 0.25) is 11.8 Å². The van der Waals surface area contributed by atoms with Crippen molar-refractivity contribution in [1.82, 2.24) is 19.7 Å². The molecule has 184 valence electrons. The van der Waals surface area contributed by atoms with E-state index in [-0.39, 0.29) is 6.61 Å². The Kier molecular flexibility index (Phi) is 6.93. The molecule has 0 radical (unpaired) electrons. The summed E-state index contributed by atoms with van der Waals surface area (Å²) in [5, 5.41) is 5.35. The van der Waals surface area contributed by atoms with E-state index in [2.05, 4.69) is 9.97 Å². The van der Waals surface area contributed by atoms with Crippen molar-refractivity contribution in [2.24, 2.45) is 0 Å². The van der Waals surface area contributed by atoms with E-state index in [1.807, 2.05) is 51.4 Å². The van der Waals surface area contributed by atoms with E-state index in [1.54, 1.807) is 9.58 Å². The van der Waals surface area contributed by atoms with Gasteiger partial charge in [-0.15, -0.1) is 0 Å². The fourth-order valence-corrected chi connectivity index (χ4v) is 3.71. The zero-order valence-electron chi connectivity index (χ0n) is 19.9. The van der Waals surface area contributed by atoms with Gasteiger partial charge in [0.05, 0.1) is 31.9 Å². The van der Waals surface area contributed by atoms with Crippen molar-refractivity contribution in [2.75, 3.05) is 26.1 Å². The van der Waals surface area contributed by atoms with Gasteiger partial charge in [0.1, 0.15) is 11.1 Å². The van der Waals surface area contributed by atoms with Gasteiger partial charge in [-0.2, -0.15) is 28.2 Å². The average Bonchev–Trinajstić information content (AvgIpc) is 3.21. The second-order valence-electron chi connectivity index (χ2n) is 8.29. The molecule has 0 fully saturated rings. The van der Waals surface area contributed by atoms with E-state index in [1.165, 1.54) is 19.2 Å². The molecular formula is C25H26F3N5O2. The van der Waals surface area contributed by atoms with Gasteiger partial charge in [-0.1, -0.05) is 42.5 Å². The molecule has 0 aliphatic carbocycles. The first-order chi connectivity index (χ1) is 16.7. The molecule has 4 rings (SSSR count). The Bertz CT molecular complexity index is 1290. The topological polar surface area (TPSA) is 65.3 Å². The Labute approximate surface area is 201 Å². The molecular weight excluding hydrogens is 459 g/mol. The summed E-state index contributed by atoms with van der Waals surface area (Å²) >= 11 is 0. The smallest absolute Gasteiger partial charge is 0.416 e. The maximum atomic E-state index is 13.0. The normalized spacial score (nSPS) is 12.7. The first-order valence-corrected chi connectivity index (χ1v) is 11.0. The molecule has 2 aromatic heterocycles. The van der Waals surface area contributed by atoms with Crippen LogP contribution in [0.2, 0.25) is 0 Å². The number of rotatable bonds is 8. The van der Waals surface area contributed by atoms with E-state index in [0.29, 0.717) is 40.7 Å². The van der Waals surface area contributed by atoms with Gasteiger partial charge in [0, 0.05) is 14.1 Å². The van der Waals surface area contributed by atoms with Crippen LogP contribution in [0.4, 0.5) is 19.1 Å². The molecule has 4 aromatic rings. The summed E-state index contributed by atoms with van der Waals surface area (Å²) in [5.74, 6) is 0.773. The average molecular weight is 486 g/mol. The zero-order chi connectivity index (χ0) is 25.2. The van der Waals surface area contributed by atoms with Gasteiger partial charge < -0.3 is 14.4 Å². The number of anilines is 1. The minimum Gasteiger partial charge on any atom is -0.480 e. The molecule has 35 heavy (non-hydrogen) atoms. The number of alkyl halides is 3. The Morgan fingerprint density at radius 2 is 1.66 bits per heavy atom. The van der Waals surface area contributed by atoms with Crippen molar-refractivity contribution < 1.29 is 22.6 Å². The SMILES string of the molecule is COc1nc(N(C)C)nc2c1c(COCc1ccccc1)nn2C(C)c1ccc(C(F)(F)F)cc1. The summed E-state index contributed by atoms with van der Waals surface area (Å²) < 4.78 is 52.3. The number of hydrogen-bond acceptors (Lipinski definition) is 6. The summed E-state index contributed by atoms with van der Waals surface area (Å²) in [4.78, 5) is 10.9. The lowest BCUT2D eigenvalue weighted by Gasteiger charge is -2.16. The standard InChI is InChI=1S/C25H26F3N5O2/c1-16(18-10-12-19(13-11-18)25(26,27)28)33-22-21(23(34-4)30-24(29-22)32(2)3)20(31-33)15-35-14-17-8-6-5-7-9-17/h5-13,16H,14-15H2,1-4H3. The van der Waals surface area contributed by atoms with Crippen molar-refractivity contribution in [3.05, 3.63) is 77.0 Å². The molecule has 0 N–H and O–H groups in total. The number of nitrogens with zero attached hydrogens (tertiary/aromatic N) is 5. The van der Waals surface area contributed by atoms with Crippen LogP contribution in [0, 0.1) is 0 Å². The third kappa shape index (κ3) is 5.22. The number of hydrogen-bond donors (Lipinski definition) is 0. The van der Waals surface area contributed by atoms with Gasteiger partial charge in [0.25, 0.3) is 0 Å². The van der Waals surface area contributed by atoms with Crippen LogP contribution in [0.1, 0.15) is 35.3 Å². The first-order valence-electron chi connectivity index (χ1n) is 11.0. The van der Waals surface area contributed by atoms with Gasteiger partial charge in [-0.3, -0.25) is 0 Å². The Morgan fingerprint density at radius 1 is 0.971 bits per heavy atom. The summed E-state index contributed by atoms with van der Waals surface area (Å²) in [6.45, 7) is 2.43. The van der Waals surface area contributed by atoms with Crippen LogP contribution in [0.25, 0.3) is 11.0 Å². The number of ether oxygens (including phenoxy) is 2. The highest BCUT2D eigenvalue weighted by molar-refractivity contribution is 5.85. The molecule has 0 spiro atoms. The third-order valence-corrected chi connectivity index (χ3v) is 5.61. The highest BCUT2D eigenvalue weighted by Gasteiger charge is 2.30. The Morgan fingerprint density at radius 3 is 2.26 bits per heavy atom. The molecule has 0 amide bonds. The highest BCUT2D eigenvalue weighted by atomic mass is 19.4. The molecule has 0 bridgehead atoms. The van der Waals surface area contributed by atoms with Gasteiger partial charge >= 0.3 is 6.18 Å². The van der Waals surface area contributed by atoms with E-state index >= 15 is 0 Å². The van der Waals surface area contributed by atoms with Crippen molar-refractivity contribution in [1.29, 1.82) is 0 Å². The summed E-state index contributed by atoms with van der Waals surface area (Å²) in [7, 11) is 5.14. The van der Waals surface area contributed by atoms with Gasteiger partial charge in [-0.05, 0) is 30.2 Å². The quantitative estimate of drug-likeness (QED) is 0.340. The minimum atomic E-state index is -4.40. The monoisotopic (exact) mass is 485 g/mol. The minimum absolute atomic E-state index is 0.180. The lowest BCUT2D eigenvalue weighted by molar-refractivity contribution is -0.137.